The lowest BCUT2D eigenvalue weighted by molar-refractivity contribution is -0.141. The fourth-order valence-electron chi connectivity index (χ4n) is 0.301. The van der Waals surface area contributed by atoms with E-state index in [1.54, 1.807) is 0 Å². The SMILES string of the molecule is CC(F)(F)C(=O)NS(=O)(=O)C(C)(F)F. The zero-order chi connectivity index (χ0) is 11.8. The molecule has 14 heavy (non-hydrogen) atoms. The van der Waals surface area contributed by atoms with E-state index in [1.165, 1.54) is 0 Å². The van der Waals surface area contributed by atoms with Gasteiger partial charge in [0.2, 0.25) is 0 Å². The summed E-state index contributed by atoms with van der Waals surface area (Å²) in [5.41, 5.74) is 0. The number of amides is 1. The molecule has 0 aliphatic carbocycles. The van der Waals surface area contributed by atoms with Crippen LogP contribution in [0.15, 0.2) is 0 Å². The average molecular weight is 237 g/mol. The van der Waals surface area contributed by atoms with Crippen LogP contribution in [-0.4, -0.2) is 25.5 Å². The molecule has 0 saturated heterocycles. The van der Waals surface area contributed by atoms with Gasteiger partial charge in [0, 0.05) is 13.8 Å². The highest BCUT2D eigenvalue weighted by Crippen LogP contribution is 2.20. The number of hydrogen-bond acceptors (Lipinski definition) is 3. The molecule has 0 aliphatic rings. The molecule has 1 N–H and O–H groups in total. The van der Waals surface area contributed by atoms with Crippen molar-refractivity contribution in [3.8, 4) is 0 Å². The molecule has 0 aromatic rings. The van der Waals surface area contributed by atoms with Gasteiger partial charge in [-0.25, -0.2) is 13.1 Å². The molecule has 0 saturated carbocycles. The fourth-order valence-corrected chi connectivity index (χ4v) is 0.904. The molecule has 4 nitrogen and oxygen atoms in total. The molecule has 0 aliphatic heterocycles. The molecule has 9 heteroatoms. The summed E-state index contributed by atoms with van der Waals surface area (Å²) in [6, 6.07) is 0. The summed E-state index contributed by atoms with van der Waals surface area (Å²) >= 11 is 0. The summed E-state index contributed by atoms with van der Waals surface area (Å²) < 4.78 is 70.2. The molecular weight excluding hydrogens is 230 g/mol. The molecule has 0 aromatic heterocycles. The van der Waals surface area contributed by atoms with Crippen molar-refractivity contribution in [3.63, 3.8) is 0 Å². The largest absolute Gasteiger partial charge is 0.361 e. The highest BCUT2D eigenvalue weighted by molar-refractivity contribution is 7.91. The van der Waals surface area contributed by atoms with E-state index in [2.05, 4.69) is 0 Å². The number of nitrogens with one attached hydrogen (secondary N) is 1. The molecule has 0 unspecified atom stereocenters. The van der Waals surface area contributed by atoms with Crippen molar-refractivity contribution in [1.29, 1.82) is 0 Å². The van der Waals surface area contributed by atoms with Crippen LogP contribution in [0, 0.1) is 0 Å². The van der Waals surface area contributed by atoms with Gasteiger partial charge in [0.25, 0.3) is 0 Å². The first-order valence-electron chi connectivity index (χ1n) is 3.20. The Kier molecular flexibility index (Phi) is 3.16. The van der Waals surface area contributed by atoms with Gasteiger partial charge in [-0.05, 0) is 0 Å². The van der Waals surface area contributed by atoms with Crippen LogP contribution >= 0.6 is 0 Å². The van der Waals surface area contributed by atoms with Crippen molar-refractivity contribution < 1.29 is 30.8 Å². The molecule has 0 rings (SSSR count). The summed E-state index contributed by atoms with van der Waals surface area (Å²) in [6.45, 7) is 0.0576. The second kappa shape index (κ2) is 3.37. The summed E-state index contributed by atoms with van der Waals surface area (Å²) in [7, 11) is -5.39. The minimum absolute atomic E-state index is 0.0313. The first-order valence-corrected chi connectivity index (χ1v) is 4.68. The zero-order valence-electron chi connectivity index (χ0n) is 7.14. The van der Waals surface area contributed by atoms with E-state index in [-0.39, 0.29) is 13.8 Å². The monoisotopic (exact) mass is 237 g/mol. The number of carbonyl (C=O) groups excluding carboxylic acids is 1. The summed E-state index contributed by atoms with van der Waals surface area (Å²) in [5.74, 6) is -6.32. The van der Waals surface area contributed by atoms with E-state index in [1.807, 2.05) is 0 Å². The van der Waals surface area contributed by atoms with Gasteiger partial charge in [-0.2, -0.15) is 17.6 Å². The first kappa shape index (κ1) is 13.1. The van der Waals surface area contributed by atoms with Crippen LogP contribution < -0.4 is 4.72 Å². The summed E-state index contributed by atoms with van der Waals surface area (Å²) in [4.78, 5) is 10.4. The Morgan fingerprint density at radius 3 is 1.71 bits per heavy atom. The third-order valence-electron chi connectivity index (χ3n) is 1.10. The van der Waals surface area contributed by atoms with E-state index in [4.69, 9.17) is 0 Å². The maximum atomic E-state index is 12.2. The van der Waals surface area contributed by atoms with Crippen molar-refractivity contribution in [1.82, 2.24) is 4.72 Å². The Morgan fingerprint density at radius 2 is 1.50 bits per heavy atom. The topological polar surface area (TPSA) is 63.2 Å². The Morgan fingerprint density at radius 1 is 1.14 bits per heavy atom. The third-order valence-corrected chi connectivity index (χ3v) is 2.50. The maximum Gasteiger partial charge on any atom is 0.361 e. The smallest absolute Gasteiger partial charge is 0.267 e. The standard InChI is InChI=1S/C5H7F4NO3S/c1-4(6,7)3(11)10-14(12,13)5(2,8)9/h1-2H3,(H,10,11). The van der Waals surface area contributed by atoms with Gasteiger partial charge < -0.3 is 0 Å². The molecule has 1 amide bonds. The molecule has 0 spiro atoms. The number of halogens is 4. The van der Waals surface area contributed by atoms with Crippen LogP contribution in [0.25, 0.3) is 0 Å². The van der Waals surface area contributed by atoms with Crippen molar-refractivity contribution in [3.05, 3.63) is 0 Å². The highest BCUT2D eigenvalue weighted by atomic mass is 32.2. The lowest BCUT2D eigenvalue weighted by Crippen LogP contribution is -2.46. The number of sulfonamides is 1. The van der Waals surface area contributed by atoms with Gasteiger partial charge >= 0.3 is 27.1 Å². The molecule has 0 bridgehead atoms. The second-order valence-corrected chi connectivity index (χ2v) is 4.56. The van der Waals surface area contributed by atoms with Crippen molar-refractivity contribution in [2.75, 3.05) is 0 Å². The minimum atomic E-state index is -5.39. The predicted octanol–water partition coefficient (Wildman–Crippen LogP) is 0.700. The van der Waals surface area contributed by atoms with Crippen LogP contribution in [-0.2, 0) is 14.8 Å². The van der Waals surface area contributed by atoms with Gasteiger partial charge in [0.1, 0.15) is 0 Å². The Balaban J connectivity index is 4.82. The number of carbonyl (C=O) groups is 1. The quantitative estimate of drug-likeness (QED) is 0.735. The number of hydrogen-bond donors (Lipinski definition) is 1. The molecule has 0 atom stereocenters. The Labute approximate surface area is 77.3 Å². The lowest BCUT2D eigenvalue weighted by Gasteiger charge is -2.15. The third kappa shape index (κ3) is 3.13. The van der Waals surface area contributed by atoms with Crippen LogP contribution in [0.5, 0.6) is 0 Å². The van der Waals surface area contributed by atoms with E-state index in [9.17, 15) is 30.8 Å². The normalized spacial score (nSPS) is 13.9. The minimum Gasteiger partial charge on any atom is -0.267 e. The molecule has 0 aromatic carbocycles. The van der Waals surface area contributed by atoms with Crippen LogP contribution in [0.3, 0.4) is 0 Å². The van der Waals surface area contributed by atoms with Crippen LogP contribution in [0.4, 0.5) is 17.6 Å². The van der Waals surface area contributed by atoms with Crippen molar-refractivity contribution in [2.24, 2.45) is 0 Å². The van der Waals surface area contributed by atoms with E-state index < -0.39 is 27.1 Å². The number of alkyl halides is 4. The van der Waals surface area contributed by atoms with Crippen LogP contribution in [0.1, 0.15) is 13.8 Å². The van der Waals surface area contributed by atoms with E-state index in [0.29, 0.717) is 4.72 Å². The number of rotatable bonds is 3. The highest BCUT2D eigenvalue weighted by Gasteiger charge is 2.44. The van der Waals surface area contributed by atoms with Gasteiger partial charge in [-0.15, -0.1) is 0 Å². The summed E-state index contributed by atoms with van der Waals surface area (Å²) in [5, 5.41) is -4.30. The molecular formula is C5H7F4NO3S. The lowest BCUT2D eigenvalue weighted by atomic mass is 10.4. The van der Waals surface area contributed by atoms with Gasteiger partial charge in [-0.1, -0.05) is 0 Å². The Hall–Kier alpha value is -0.860. The first-order chi connectivity index (χ1) is 5.88. The molecule has 84 valence electrons. The van der Waals surface area contributed by atoms with Crippen molar-refractivity contribution >= 4 is 15.9 Å². The zero-order valence-corrected chi connectivity index (χ0v) is 7.96. The van der Waals surface area contributed by atoms with Gasteiger partial charge in [-0.3, -0.25) is 4.79 Å². The molecule has 0 fully saturated rings. The van der Waals surface area contributed by atoms with E-state index in [0.717, 1.165) is 0 Å². The van der Waals surface area contributed by atoms with Crippen molar-refractivity contribution in [2.45, 2.75) is 25.0 Å². The second-order valence-electron chi connectivity index (χ2n) is 2.63. The molecule has 0 heterocycles. The summed E-state index contributed by atoms with van der Waals surface area (Å²) in [6.07, 6.45) is 0. The predicted molar refractivity (Wildman–Crippen MR) is 38.3 cm³/mol. The fraction of sp³-hybridized carbons (Fsp3) is 0.800. The maximum absolute atomic E-state index is 12.2. The Bertz CT molecular complexity index is 326. The van der Waals surface area contributed by atoms with Gasteiger partial charge in [0.05, 0.1) is 0 Å². The van der Waals surface area contributed by atoms with Gasteiger partial charge in [0.15, 0.2) is 0 Å². The molecule has 0 radical (unpaired) electrons. The average Bonchev–Trinajstić information content (AvgIpc) is 1.80. The van der Waals surface area contributed by atoms with Crippen LogP contribution in [0.2, 0.25) is 0 Å². The van der Waals surface area contributed by atoms with E-state index >= 15 is 0 Å².